The van der Waals surface area contributed by atoms with Gasteiger partial charge >= 0.3 is 5.97 Å². The quantitative estimate of drug-likeness (QED) is 0.363. The fraction of sp³-hybridized carbons (Fsp3) is 0.640. The number of hydrogen-bond donors (Lipinski definition) is 1. The lowest BCUT2D eigenvalue weighted by Crippen LogP contribution is -2.00. The summed E-state index contributed by atoms with van der Waals surface area (Å²) in [4.78, 5) is 10.6. The number of allylic oxidation sites excluding steroid dienone is 2. The molecule has 0 saturated carbocycles. The minimum absolute atomic E-state index is 0.317. The van der Waals surface area contributed by atoms with E-state index in [0.717, 1.165) is 19.3 Å². The summed E-state index contributed by atoms with van der Waals surface area (Å²) in [7, 11) is 0. The molecule has 0 spiro atoms. The first kappa shape index (κ1) is 21.7. The zero-order valence-electron chi connectivity index (χ0n) is 17.4. The maximum atomic E-state index is 10.6. The third kappa shape index (κ3) is 7.52. The van der Waals surface area contributed by atoms with Gasteiger partial charge in [0.25, 0.3) is 0 Å². The summed E-state index contributed by atoms with van der Waals surface area (Å²) in [6.07, 6.45) is 16.0. The van der Waals surface area contributed by atoms with Gasteiger partial charge in [-0.3, -0.25) is 4.79 Å². The second kappa shape index (κ2) is 12.0. The number of benzene rings is 1. The second-order valence-corrected chi connectivity index (χ2v) is 8.30. The zero-order chi connectivity index (χ0) is 19.5. The van der Waals surface area contributed by atoms with E-state index in [1.54, 1.807) is 5.57 Å². The smallest absolute Gasteiger partial charge is 0.303 e. The molecular formula is C25H38O2. The molecule has 0 aliphatic heterocycles. The molecule has 2 rings (SSSR count). The molecule has 27 heavy (non-hydrogen) atoms. The lowest BCUT2D eigenvalue weighted by Gasteiger charge is -2.17. The maximum absolute atomic E-state index is 10.6. The van der Waals surface area contributed by atoms with E-state index in [0.29, 0.717) is 18.3 Å². The van der Waals surface area contributed by atoms with Crippen LogP contribution in [0.15, 0.2) is 30.3 Å². The fourth-order valence-corrected chi connectivity index (χ4v) is 4.31. The largest absolute Gasteiger partial charge is 0.481 e. The fourth-order valence-electron chi connectivity index (χ4n) is 4.31. The molecule has 0 radical (unpaired) electrons. The molecule has 1 N–H and O–H groups in total. The van der Waals surface area contributed by atoms with Crippen molar-refractivity contribution in [1.82, 2.24) is 0 Å². The normalized spacial score (nSPS) is 17.7. The third-order valence-electron chi connectivity index (χ3n) is 6.07. The molecule has 150 valence electrons. The van der Waals surface area contributed by atoms with Crippen LogP contribution in [0.1, 0.15) is 108 Å². The first-order valence-electron chi connectivity index (χ1n) is 11.1. The van der Waals surface area contributed by atoms with E-state index in [1.807, 2.05) is 0 Å². The van der Waals surface area contributed by atoms with Crippen molar-refractivity contribution < 1.29 is 9.90 Å². The highest BCUT2D eigenvalue weighted by Gasteiger charge is 2.20. The average molecular weight is 371 g/mol. The van der Waals surface area contributed by atoms with Crippen molar-refractivity contribution in [3.8, 4) is 0 Å². The van der Waals surface area contributed by atoms with Gasteiger partial charge in [-0.25, -0.2) is 0 Å². The molecule has 0 saturated heterocycles. The highest BCUT2D eigenvalue weighted by Crippen LogP contribution is 2.37. The van der Waals surface area contributed by atoms with E-state index >= 15 is 0 Å². The molecule has 1 aliphatic carbocycles. The number of rotatable bonds is 13. The van der Waals surface area contributed by atoms with Crippen LogP contribution in [0.2, 0.25) is 0 Å². The van der Waals surface area contributed by atoms with Crippen LogP contribution in [0.5, 0.6) is 0 Å². The van der Waals surface area contributed by atoms with E-state index in [2.05, 4.69) is 44.2 Å². The summed E-state index contributed by atoms with van der Waals surface area (Å²) in [6, 6.07) is 9.35. The molecule has 0 fully saturated rings. The summed E-state index contributed by atoms with van der Waals surface area (Å²) < 4.78 is 0. The number of carboxylic acids is 1. The molecule has 0 bridgehead atoms. The first-order valence-corrected chi connectivity index (χ1v) is 11.1. The van der Waals surface area contributed by atoms with Crippen LogP contribution in [-0.4, -0.2) is 11.1 Å². The Morgan fingerprint density at radius 2 is 1.81 bits per heavy atom. The monoisotopic (exact) mass is 370 g/mol. The molecule has 2 heteroatoms. The number of carbonyl (C=O) groups is 1. The van der Waals surface area contributed by atoms with Gasteiger partial charge in [0.2, 0.25) is 0 Å². The summed E-state index contributed by atoms with van der Waals surface area (Å²) >= 11 is 0. The van der Waals surface area contributed by atoms with Crippen LogP contribution in [-0.2, 0) is 4.79 Å². The molecule has 0 amide bonds. The van der Waals surface area contributed by atoms with Crippen molar-refractivity contribution in [2.24, 2.45) is 5.92 Å². The van der Waals surface area contributed by atoms with Gasteiger partial charge in [-0.2, -0.15) is 0 Å². The van der Waals surface area contributed by atoms with Crippen molar-refractivity contribution in [3.63, 3.8) is 0 Å². The van der Waals surface area contributed by atoms with Crippen LogP contribution in [0.3, 0.4) is 0 Å². The van der Waals surface area contributed by atoms with Crippen molar-refractivity contribution in [3.05, 3.63) is 41.5 Å². The predicted octanol–water partition coefficient (Wildman–Crippen LogP) is 7.59. The zero-order valence-corrected chi connectivity index (χ0v) is 17.4. The average Bonchev–Trinajstić information content (AvgIpc) is 3.13. The summed E-state index contributed by atoms with van der Waals surface area (Å²) in [6.45, 7) is 4.62. The van der Waals surface area contributed by atoms with Crippen molar-refractivity contribution in [1.29, 1.82) is 0 Å². The predicted molar refractivity (Wildman–Crippen MR) is 115 cm³/mol. The minimum Gasteiger partial charge on any atom is -0.481 e. The Morgan fingerprint density at radius 3 is 2.52 bits per heavy atom. The van der Waals surface area contributed by atoms with E-state index in [9.17, 15) is 4.79 Å². The summed E-state index contributed by atoms with van der Waals surface area (Å²) in [5.41, 5.74) is 4.43. The van der Waals surface area contributed by atoms with Gasteiger partial charge in [-0.15, -0.1) is 0 Å². The summed E-state index contributed by atoms with van der Waals surface area (Å²) in [5, 5.41) is 8.70. The lowest BCUT2D eigenvalue weighted by molar-refractivity contribution is -0.137. The van der Waals surface area contributed by atoms with Crippen LogP contribution >= 0.6 is 0 Å². The molecule has 2 unspecified atom stereocenters. The SMILES string of the molecule is CCCCCC(C)c1ccc(C2=CCCC2CCCCCCC(=O)O)cc1. The van der Waals surface area contributed by atoms with E-state index in [1.165, 1.54) is 62.5 Å². The lowest BCUT2D eigenvalue weighted by atomic mass is 9.88. The number of aliphatic carboxylic acids is 1. The molecule has 1 aromatic carbocycles. The number of carboxylic acid groups (broad SMARTS) is 1. The van der Waals surface area contributed by atoms with Gasteiger partial charge in [0.05, 0.1) is 0 Å². The molecule has 1 aromatic rings. The maximum Gasteiger partial charge on any atom is 0.303 e. The van der Waals surface area contributed by atoms with Crippen molar-refractivity contribution in [2.45, 2.75) is 96.8 Å². The van der Waals surface area contributed by atoms with Crippen LogP contribution in [0.4, 0.5) is 0 Å². The summed E-state index contributed by atoms with van der Waals surface area (Å²) in [5.74, 6) is 0.682. The Bertz CT molecular complexity index is 585. The second-order valence-electron chi connectivity index (χ2n) is 8.30. The van der Waals surface area contributed by atoms with E-state index < -0.39 is 5.97 Å². The Kier molecular flexibility index (Phi) is 9.66. The van der Waals surface area contributed by atoms with E-state index in [-0.39, 0.29) is 0 Å². The van der Waals surface area contributed by atoms with Crippen molar-refractivity contribution >= 4 is 11.5 Å². The van der Waals surface area contributed by atoms with Gasteiger partial charge < -0.3 is 5.11 Å². The topological polar surface area (TPSA) is 37.3 Å². The molecule has 1 aliphatic rings. The molecule has 0 aromatic heterocycles. The first-order chi connectivity index (χ1) is 13.1. The number of hydrogen-bond acceptors (Lipinski definition) is 1. The molecule has 0 heterocycles. The minimum atomic E-state index is -0.667. The van der Waals surface area contributed by atoms with Crippen molar-refractivity contribution in [2.75, 3.05) is 0 Å². The Balaban J connectivity index is 1.79. The molecule has 2 nitrogen and oxygen atoms in total. The Morgan fingerprint density at radius 1 is 1.07 bits per heavy atom. The molecule has 2 atom stereocenters. The standard InChI is InChI=1S/C25H38O2/c1-3-4-7-11-20(2)21-16-18-23(19-17-21)24-14-10-13-22(24)12-8-5-6-9-15-25(26)27/h14,16-20,22H,3-13,15H2,1-2H3,(H,26,27). The Hall–Kier alpha value is -1.57. The van der Waals surface area contributed by atoms with Gasteiger partial charge in [0, 0.05) is 6.42 Å². The highest BCUT2D eigenvalue weighted by atomic mass is 16.4. The van der Waals surface area contributed by atoms with Gasteiger partial charge in [-0.05, 0) is 60.6 Å². The Labute approximate surface area is 166 Å². The third-order valence-corrected chi connectivity index (χ3v) is 6.07. The van der Waals surface area contributed by atoms with Crippen LogP contribution < -0.4 is 0 Å². The van der Waals surface area contributed by atoms with Gasteiger partial charge in [0.15, 0.2) is 0 Å². The van der Waals surface area contributed by atoms with Gasteiger partial charge in [-0.1, -0.05) is 82.7 Å². The molecular weight excluding hydrogens is 332 g/mol. The van der Waals surface area contributed by atoms with Crippen LogP contribution in [0.25, 0.3) is 5.57 Å². The van der Waals surface area contributed by atoms with E-state index in [4.69, 9.17) is 5.11 Å². The van der Waals surface area contributed by atoms with Crippen LogP contribution in [0, 0.1) is 5.92 Å². The number of unbranched alkanes of at least 4 members (excludes halogenated alkanes) is 5. The highest BCUT2D eigenvalue weighted by molar-refractivity contribution is 5.69. The van der Waals surface area contributed by atoms with Gasteiger partial charge in [0.1, 0.15) is 0 Å².